The van der Waals surface area contributed by atoms with Crippen molar-refractivity contribution in [3.8, 4) is 5.69 Å². The molecule has 1 heterocycles. The van der Waals surface area contributed by atoms with Gasteiger partial charge in [-0.1, -0.05) is 34.8 Å². The normalized spacial score (nSPS) is 10.7. The number of carboxylic acid groups (broad SMARTS) is 1. The summed E-state index contributed by atoms with van der Waals surface area (Å²) in [5, 5.41) is 16.9. The van der Waals surface area contributed by atoms with Crippen LogP contribution in [0.5, 0.6) is 0 Å². The minimum Gasteiger partial charge on any atom is -0.480 e. The third-order valence-corrected chi connectivity index (χ3v) is 4.09. The molecule has 0 aliphatic rings. The van der Waals surface area contributed by atoms with Gasteiger partial charge in [-0.15, -0.1) is 11.8 Å². The smallest absolute Gasteiger partial charge is 0.322 e. The van der Waals surface area contributed by atoms with Crippen molar-refractivity contribution in [2.45, 2.75) is 4.90 Å². The van der Waals surface area contributed by atoms with Gasteiger partial charge in [-0.2, -0.15) is 5.10 Å². The Bertz CT molecular complexity index is 667. The van der Waals surface area contributed by atoms with Crippen LogP contribution in [0.25, 0.3) is 5.69 Å². The van der Waals surface area contributed by atoms with Gasteiger partial charge in [0.2, 0.25) is 0 Å². The predicted molar refractivity (Wildman–Crippen MR) is 86.5 cm³/mol. The number of carbonyl (C=O) groups is 1. The third kappa shape index (κ3) is 3.58. The molecule has 9 heteroatoms. The highest BCUT2D eigenvalue weighted by molar-refractivity contribution is 7.98. The van der Waals surface area contributed by atoms with Crippen LogP contribution < -0.4 is 5.32 Å². The number of carboxylic acids is 1. The number of benzene rings is 1. The fourth-order valence-electron chi connectivity index (χ4n) is 1.71. The van der Waals surface area contributed by atoms with Crippen molar-refractivity contribution < 1.29 is 9.90 Å². The topological polar surface area (TPSA) is 67.2 Å². The zero-order valence-electron chi connectivity index (χ0n) is 10.7. The second-order valence-corrected chi connectivity index (χ2v) is 6.04. The van der Waals surface area contributed by atoms with E-state index >= 15 is 0 Å². The van der Waals surface area contributed by atoms with E-state index in [1.54, 1.807) is 18.3 Å². The highest BCUT2D eigenvalue weighted by Crippen LogP contribution is 2.36. The first-order valence-corrected chi connectivity index (χ1v) is 8.02. The van der Waals surface area contributed by atoms with Crippen LogP contribution in [-0.4, -0.2) is 33.7 Å². The van der Waals surface area contributed by atoms with E-state index in [0.717, 1.165) is 4.90 Å². The molecular weight excluding hydrogens is 357 g/mol. The van der Waals surface area contributed by atoms with Crippen LogP contribution in [0, 0.1) is 0 Å². The number of anilines is 1. The Morgan fingerprint density at radius 3 is 2.52 bits per heavy atom. The van der Waals surface area contributed by atoms with Crippen molar-refractivity contribution >= 4 is 58.4 Å². The Morgan fingerprint density at radius 1 is 1.38 bits per heavy atom. The monoisotopic (exact) mass is 365 g/mol. The van der Waals surface area contributed by atoms with Crippen LogP contribution in [0.4, 0.5) is 5.82 Å². The fourth-order valence-corrected chi connectivity index (χ4v) is 3.19. The molecule has 5 nitrogen and oxygen atoms in total. The molecule has 0 fully saturated rings. The summed E-state index contributed by atoms with van der Waals surface area (Å²) in [7, 11) is 0. The SMILES string of the molecule is CSc1cnn(-c2c(Cl)cc(Cl)cc2Cl)c1NCC(=O)O. The van der Waals surface area contributed by atoms with Crippen molar-refractivity contribution in [2.75, 3.05) is 18.1 Å². The molecule has 0 saturated heterocycles. The van der Waals surface area contributed by atoms with Gasteiger partial charge in [-0.3, -0.25) is 4.79 Å². The minimum atomic E-state index is -0.983. The largest absolute Gasteiger partial charge is 0.480 e. The second kappa shape index (κ2) is 6.79. The van der Waals surface area contributed by atoms with E-state index < -0.39 is 5.97 Å². The van der Waals surface area contributed by atoms with E-state index in [1.807, 2.05) is 6.26 Å². The Morgan fingerprint density at radius 2 is 2.00 bits per heavy atom. The van der Waals surface area contributed by atoms with E-state index in [1.165, 1.54) is 16.4 Å². The summed E-state index contributed by atoms with van der Waals surface area (Å²) < 4.78 is 1.47. The Kier molecular flexibility index (Phi) is 5.27. The van der Waals surface area contributed by atoms with Gasteiger partial charge in [-0.05, 0) is 18.4 Å². The highest BCUT2D eigenvalue weighted by atomic mass is 35.5. The lowest BCUT2D eigenvalue weighted by Gasteiger charge is -2.13. The maximum Gasteiger partial charge on any atom is 0.322 e. The predicted octanol–water partition coefficient (Wildman–Crippen LogP) is 4.05. The molecule has 0 saturated carbocycles. The van der Waals surface area contributed by atoms with E-state index in [0.29, 0.717) is 26.6 Å². The molecule has 0 atom stereocenters. The number of nitrogens with one attached hydrogen (secondary N) is 1. The number of halogens is 3. The van der Waals surface area contributed by atoms with Gasteiger partial charge in [0.05, 0.1) is 21.1 Å². The molecule has 0 aliphatic carbocycles. The molecule has 1 aromatic carbocycles. The molecule has 0 unspecified atom stereocenters. The summed E-state index contributed by atoms with van der Waals surface area (Å²) in [6.45, 7) is -0.248. The summed E-state index contributed by atoms with van der Waals surface area (Å²) in [4.78, 5) is 11.5. The summed E-state index contributed by atoms with van der Waals surface area (Å²) in [5.41, 5.74) is 0.441. The van der Waals surface area contributed by atoms with E-state index in [-0.39, 0.29) is 6.54 Å². The van der Waals surface area contributed by atoms with Crippen LogP contribution in [-0.2, 0) is 4.79 Å². The molecule has 0 radical (unpaired) electrons. The van der Waals surface area contributed by atoms with Crippen molar-refractivity contribution in [3.05, 3.63) is 33.4 Å². The summed E-state index contributed by atoms with van der Waals surface area (Å²) >= 11 is 19.7. The van der Waals surface area contributed by atoms with Crippen LogP contribution >= 0.6 is 46.6 Å². The molecule has 0 aliphatic heterocycles. The molecule has 0 amide bonds. The lowest BCUT2D eigenvalue weighted by molar-refractivity contribution is -0.134. The average molecular weight is 367 g/mol. The van der Waals surface area contributed by atoms with Gasteiger partial charge < -0.3 is 10.4 Å². The van der Waals surface area contributed by atoms with Crippen LogP contribution in [0.1, 0.15) is 0 Å². The van der Waals surface area contributed by atoms with Gasteiger partial charge in [0.25, 0.3) is 0 Å². The fraction of sp³-hybridized carbons (Fsp3) is 0.167. The lowest BCUT2D eigenvalue weighted by atomic mass is 10.3. The Labute approximate surface area is 140 Å². The standard InChI is InChI=1S/C12H10Cl3N3O2S/c1-21-9-4-17-18(12(9)16-5-10(19)20)11-7(14)2-6(13)3-8(11)15/h2-4,16H,5H2,1H3,(H,19,20). The molecule has 2 N–H and O–H groups in total. The number of thioether (sulfide) groups is 1. The highest BCUT2D eigenvalue weighted by Gasteiger charge is 2.18. The zero-order chi connectivity index (χ0) is 15.6. The van der Waals surface area contributed by atoms with Gasteiger partial charge in [-0.25, -0.2) is 4.68 Å². The van der Waals surface area contributed by atoms with Gasteiger partial charge in [0.1, 0.15) is 18.1 Å². The first kappa shape index (κ1) is 16.3. The Hall–Kier alpha value is -1.08. The van der Waals surface area contributed by atoms with Crippen LogP contribution in [0.15, 0.2) is 23.2 Å². The van der Waals surface area contributed by atoms with E-state index in [2.05, 4.69) is 10.4 Å². The Balaban J connectivity index is 2.54. The molecule has 2 rings (SSSR count). The maximum atomic E-state index is 10.8. The quantitative estimate of drug-likeness (QED) is 0.781. The summed E-state index contributed by atoms with van der Waals surface area (Å²) in [6, 6.07) is 3.09. The minimum absolute atomic E-state index is 0.248. The number of aliphatic carboxylic acids is 1. The van der Waals surface area contributed by atoms with Crippen LogP contribution in [0.3, 0.4) is 0 Å². The molecule has 0 spiro atoms. The third-order valence-electron chi connectivity index (χ3n) is 2.56. The molecule has 0 bridgehead atoms. The molecule has 1 aromatic heterocycles. The number of hydrogen-bond donors (Lipinski definition) is 2. The van der Waals surface area contributed by atoms with Gasteiger partial charge in [0, 0.05) is 5.02 Å². The van der Waals surface area contributed by atoms with Crippen LogP contribution in [0.2, 0.25) is 15.1 Å². The molecule has 112 valence electrons. The van der Waals surface area contributed by atoms with Crippen molar-refractivity contribution in [3.63, 3.8) is 0 Å². The number of aromatic nitrogens is 2. The summed E-state index contributed by atoms with van der Waals surface area (Å²) in [6.07, 6.45) is 3.47. The lowest BCUT2D eigenvalue weighted by Crippen LogP contribution is -2.16. The number of hydrogen-bond acceptors (Lipinski definition) is 4. The molecule has 2 aromatic rings. The van der Waals surface area contributed by atoms with Crippen molar-refractivity contribution in [1.82, 2.24) is 9.78 Å². The first-order chi connectivity index (χ1) is 9.93. The summed E-state index contributed by atoms with van der Waals surface area (Å²) in [5.74, 6) is -0.473. The average Bonchev–Trinajstić information content (AvgIpc) is 2.78. The molecular formula is C12H10Cl3N3O2S. The van der Waals surface area contributed by atoms with Crippen molar-refractivity contribution in [1.29, 1.82) is 0 Å². The van der Waals surface area contributed by atoms with E-state index in [4.69, 9.17) is 39.9 Å². The maximum absolute atomic E-state index is 10.8. The van der Waals surface area contributed by atoms with Gasteiger partial charge >= 0.3 is 5.97 Å². The number of nitrogens with zero attached hydrogens (tertiary/aromatic N) is 2. The first-order valence-electron chi connectivity index (χ1n) is 5.66. The van der Waals surface area contributed by atoms with E-state index in [9.17, 15) is 4.79 Å². The number of rotatable bonds is 5. The van der Waals surface area contributed by atoms with Gasteiger partial charge in [0.15, 0.2) is 0 Å². The second-order valence-electron chi connectivity index (χ2n) is 3.94. The zero-order valence-corrected chi connectivity index (χ0v) is 13.8. The molecule has 21 heavy (non-hydrogen) atoms. The van der Waals surface area contributed by atoms with Crippen molar-refractivity contribution in [2.24, 2.45) is 0 Å².